The fraction of sp³-hybridized carbons (Fsp3) is 0.600. The lowest BCUT2D eigenvalue weighted by atomic mass is 10.0. The fourth-order valence-corrected chi connectivity index (χ4v) is 3.17. The highest BCUT2D eigenvalue weighted by atomic mass is 32.1. The van der Waals surface area contributed by atoms with Gasteiger partial charge in [-0.1, -0.05) is 0 Å². The molecule has 2 rings (SSSR count). The van der Waals surface area contributed by atoms with E-state index in [9.17, 15) is 14.4 Å². The second-order valence-electron chi connectivity index (χ2n) is 5.73. The van der Waals surface area contributed by atoms with Gasteiger partial charge < -0.3 is 15.5 Å². The number of nitrogens with zero attached hydrogens (tertiary/aromatic N) is 2. The monoisotopic (exact) mass is 338 g/mol. The third kappa shape index (κ3) is 5.02. The average Bonchev–Trinajstić information content (AvgIpc) is 2.99. The minimum Gasteiger partial charge on any atom is -0.344 e. The summed E-state index contributed by atoms with van der Waals surface area (Å²) in [5.41, 5.74) is 0. The van der Waals surface area contributed by atoms with E-state index in [0.717, 1.165) is 25.8 Å². The average molecular weight is 338 g/mol. The molecule has 2 unspecified atom stereocenters. The van der Waals surface area contributed by atoms with E-state index in [4.69, 9.17) is 0 Å². The number of nitrogens with one attached hydrogen (secondary N) is 2. The van der Waals surface area contributed by atoms with Crippen LogP contribution in [0, 0.1) is 0 Å². The number of anilines is 1. The van der Waals surface area contributed by atoms with Gasteiger partial charge in [-0.2, -0.15) is 0 Å². The van der Waals surface area contributed by atoms with Crippen molar-refractivity contribution in [3.8, 4) is 0 Å². The first-order valence-electron chi connectivity index (χ1n) is 7.76. The molecule has 7 nitrogen and oxygen atoms in total. The first-order chi connectivity index (χ1) is 11.0. The summed E-state index contributed by atoms with van der Waals surface area (Å²) in [6.07, 6.45) is 4.35. The molecule has 2 atom stereocenters. The Kier molecular flexibility index (Phi) is 6.09. The van der Waals surface area contributed by atoms with E-state index in [-0.39, 0.29) is 18.4 Å². The van der Waals surface area contributed by atoms with Crippen LogP contribution in [0.2, 0.25) is 0 Å². The van der Waals surface area contributed by atoms with Gasteiger partial charge in [0.2, 0.25) is 17.7 Å². The van der Waals surface area contributed by atoms with E-state index in [1.807, 2.05) is 11.8 Å². The highest BCUT2D eigenvalue weighted by Gasteiger charge is 2.28. The van der Waals surface area contributed by atoms with Gasteiger partial charge in [0.25, 0.3) is 0 Å². The Morgan fingerprint density at radius 3 is 2.83 bits per heavy atom. The number of hydrogen-bond acceptors (Lipinski definition) is 5. The number of amides is 3. The summed E-state index contributed by atoms with van der Waals surface area (Å²) in [5.74, 6) is -1.00. The maximum atomic E-state index is 12.4. The highest BCUT2D eigenvalue weighted by Crippen LogP contribution is 2.17. The molecule has 0 aromatic carbocycles. The van der Waals surface area contributed by atoms with Crippen LogP contribution in [0.25, 0.3) is 0 Å². The molecule has 2 N–H and O–H groups in total. The van der Waals surface area contributed by atoms with Gasteiger partial charge in [0, 0.05) is 24.2 Å². The zero-order chi connectivity index (χ0) is 16.8. The van der Waals surface area contributed by atoms with Gasteiger partial charge >= 0.3 is 0 Å². The summed E-state index contributed by atoms with van der Waals surface area (Å²) < 4.78 is 0. The topological polar surface area (TPSA) is 91.4 Å². The first-order valence-corrected chi connectivity index (χ1v) is 8.64. The van der Waals surface area contributed by atoms with Gasteiger partial charge in [-0.25, -0.2) is 4.98 Å². The lowest BCUT2D eigenvalue weighted by molar-refractivity contribution is -0.139. The Bertz CT molecular complexity index is 561. The SMILES string of the molecule is CC(NC(=O)CC(=O)Nc1nccs1)C(=O)N1CCCCC1C. The number of likely N-dealkylation sites (tertiary alicyclic amines) is 1. The van der Waals surface area contributed by atoms with Gasteiger partial charge in [0.05, 0.1) is 0 Å². The number of carbonyl (C=O) groups is 3. The van der Waals surface area contributed by atoms with Crippen molar-refractivity contribution in [1.82, 2.24) is 15.2 Å². The predicted octanol–water partition coefficient (Wildman–Crippen LogP) is 1.38. The zero-order valence-electron chi connectivity index (χ0n) is 13.4. The molecular weight excluding hydrogens is 316 g/mol. The van der Waals surface area contributed by atoms with Crippen molar-refractivity contribution in [2.45, 2.75) is 51.6 Å². The van der Waals surface area contributed by atoms with Gasteiger partial charge in [-0.05, 0) is 33.1 Å². The van der Waals surface area contributed by atoms with Gasteiger partial charge in [0.1, 0.15) is 12.5 Å². The standard InChI is InChI=1S/C15H22N4O3S/c1-10-5-3-4-7-19(10)14(22)11(2)17-12(20)9-13(21)18-15-16-6-8-23-15/h6,8,10-11H,3-5,7,9H2,1-2H3,(H,17,20)(H,16,18,21). The normalized spacial score (nSPS) is 19.0. The molecule has 1 aromatic rings. The molecule has 1 aliphatic rings. The molecule has 3 amide bonds. The second kappa shape index (κ2) is 8.05. The molecule has 23 heavy (non-hydrogen) atoms. The van der Waals surface area contributed by atoms with Crippen LogP contribution in [0.3, 0.4) is 0 Å². The molecule has 8 heteroatoms. The summed E-state index contributed by atoms with van der Waals surface area (Å²) in [6.45, 7) is 4.40. The Hall–Kier alpha value is -1.96. The van der Waals surface area contributed by atoms with Crippen LogP contribution >= 0.6 is 11.3 Å². The number of aromatic nitrogens is 1. The molecule has 0 spiro atoms. The molecular formula is C15H22N4O3S. The van der Waals surface area contributed by atoms with E-state index in [2.05, 4.69) is 15.6 Å². The number of rotatable bonds is 5. The third-order valence-corrected chi connectivity index (χ3v) is 4.52. The zero-order valence-corrected chi connectivity index (χ0v) is 14.2. The molecule has 1 fully saturated rings. The number of piperidine rings is 1. The number of thiazole rings is 1. The van der Waals surface area contributed by atoms with Crippen LogP contribution in [0.15, 0.2) is 11.6 Å². The van der Waals surface area contributed by atoms with Crippen molar-refractivity contribution in [2.75, 3.05) is 11.9 Å². The van der Waals surface area contributed by atoms with Crippen molar-refractivity contribution in [3.63, 3.8) is 0 Å². The Morgan fingerprint density at radius 1 is 1.39 bits per heavy atom. The van der Waals surface area contributed by atoms with E-state index in [1.165, 1.54) is 11.3 Å². The van der Waals surface area contributed by atoms with Crippen LogP contribution in [0.1, 0.15) is 39.5 Å². The molecule has 1 aromatic heterocycles. The van der Waals surface area contributed by atoms with Crippen LogP contribution in [0.4, 0.5) is 5.13 Å². The largest absolute Gasteiger partial charge is 0.344 e. The molecule has 126 valence electrons. The van der Waals surface area contributed by atoms with Gasteiger partial charge in [-0.15, -0.1) is 11.3 Å². The molecule has 0 saturated carbocycles. The minimum absolute atomic E-state index is 0.0918. The summed E-state index contributed by atoms with van der Waals surface area (Å²) in [7, 11) is 0. The third-order valence-electron chi connectivity index (χ3n) is 3.83. The Labute approximate surface area is 139 Å². The highest BCUT2D eigenvalue weighted by molar-refractivity contribution is 7.13. The van der Waals surface area contributed by atoms with E-state index < -0.39 is 17.9 Å². The summed E-state index contributed by atoms with van der Waals surface area (Å²) in [4.78, 5) is 41.7. The van der Waals surface area contributed by atoms with Crippen molar-refractivity contribution < 1.29 is 14.4 Å². The maximum absolute atomic E-state index is 12.4. The van der Waals surface area contributed by atoms with Crippen LogP contribution in [-0.2, 0) is 14.4 Å². The number of carbonyl (C=O) groups excluding carboxylic acids is 3. The summed E-state index contributed by atoms with van der Waals surface area (Å²) in [5, 5.41) is 7.32. The Morgan fingerprint density at radius 2 is 2.17 bits per heavy atom. The number of hydrogen-bond donors (Lipinski definition) is 2. The van der Waals surface area contributed by atoms with Crippen LogP contribution in [-0.4, -0.2) is 46.2 Å². The molecule has 0 aliphatic carbocycles. The summed E-state index contributed by atoms with van der Waals surface area (Å²) >= 11 is 1.28. The summed E-state index contributed by atoms with van der Waals surface area (Å²) in [6, 6.07) is -0.431. The van der Waals surface area contributed by atoms with Crippen LogP contribution in [0.5, 0.6) is 0 Å². The molecule has 2 heterocycles. The lowest BCUT2D eigenvalue weighted by Gasteiger charge is -2.35. The van der Waals surface area contributed by atoms with Crippen molar-refractivity contribution in [2.24, 2.45) is 0 Å². The van der Waals surface area contributed by atoms with E-state index >= 15 is 0 Å². The molecule has 1 aliphatic heterocycles. The minimum atomic E-state index is -0.629. The quantitative estimate of drug-likeness (QED) is 0.794. The fourth-order valence-electron chi connectivity index (χ4n) is 2.62. The molecule has 1 saturated heterocycles. The smallest absolute Gasteiger partial charge is 0.245 e. The molecule has 0 radical (unpaired) electrons. The van der Waals surface area contributed by atoms with Crippen molar-refractivity contribution in [3.05, 3.63) is 11.6 Å². The first kappa shape index (κ1) is 17.4. The maximum Gasteiger partial charge on any atom is 0.245 e. The van der Waals surface area contributed by atoms with Gasteiger partial charge in [0.15, 0.2) is 5.13 Å². The predicted molar refractivity (Wildman–Crippen MR) is 88.0 cm³/mol. The van der Waals surface area contributed by atoms with Crippen LogP contribution < -0.4 is 10.6 Å². The second-order valence-corrected chi connectivity index (χ2v) is 6.62. The lowest BCUT2D eigenvalue weighted by Crippen LogP contribution is -2.51. The van der Waals surface area contributed by atoms with Crippen molar-refractivity contribution >= 4 is 34.2 Å². The van der Waals surface area contributed by atoms with E-state index in [0.29, 0.717) is 5.13 Å². The van der Waals surface area contributed by atoms with Gasteiger partial charge in [-0.3, -0.25) is 14.4 Å². The molecule has 0 bridgehead atoms. The van der Waals surface area contributed by atoms with E-state index in [1.54, 1.807) is 18.5 Å². The Balaban J connectivity index is 1.79. The van der Waals surface area contributed by atoms with Crippen molar-refractivity contribution in [1.29, 1.82) is 0 Å².